The third-order valence-electron chi connectivity index (χ3n) is 2.26. The molecule has 1 aromatic carbocycles. The molecule has 0 radical (unpaired) electrons. The van der Waals surface area contributed by atoms with E-state index in [1.807, 2.05) is 18.2 Å². The van der Waals surface area contributed by atoms with E-state index in [9.17, 15) is 0 Å². The van der Waals surface area contributed by atoms with Gasteiger partial charge in [0.25, 0.3) is 0 Å². The first-order chi connectivity index (χ1) is 7.72. The Morgan fingerprint density at radius 1 is 1.44 bits per heavy atom. The number of thioether (sulfide) groups is 1. The van der Waals surface area contributed by atoms with Crippen LogP contribution >= 0.6 is 23.4 Å². The van der Waals surface area contributed by atoms with E-state index in [-0.39, 0.29) is 0 Å². The first kappa shape index (κ1) is 11.6. The van der Waals surface area contributed by atoms with Gasteiger partial charge >= 0.3 is 0 Å². The molecule has 2 aromatic rings. The Morgan fingerprint density at radius 2 is 2.25 bits per heavy atom. The van der Waals surface area contributed by atoms with Crippen molar-refractivity contribution in [2.75, 3.05) is 11.5 Å². The minimum atomic E-state index is 0.705. The van der Waals surface area contributed by atoms with Gasteiger partial charge in [-0.25, -0.2) is 0 Å². The summed E-state index contributed by atoms with van der Waals surface area (Å²) in [6.45, 7) is 2.16. The number of rotatable bonds is 3. The van der Waals surface area contributed by atoms with Gasteiger partial charge in [-0.05, 0) is 24.3 Å². The van der Waals surface area contributed by atoms with E-state index in [1.54, 1.807) is 18.0 Å². The summed E-state index contributed by atoms with van der Waals surface area (Å²) in [4.78, 5) is 5.40. The number of halogens is 1. The van der Waals surface area contributed by atoms with E-state index in [4.69, 9.17) is 17.3 Å². The topological polar surface area (TPSA) is 38.9 Å². The molecule has 0 amide bonds. The van der Waals surface area contributed by atoms with Crippen LogP contribution in [-0.2, 0) is 0 Å². The van der Waals surface area contributed by atoms with Crippen molar-refractivity contribution in [3.63, 3.8) is 0 Å². The number of nitrogens with two attached hydrogens (primary N) is 1. The average Bonchev–Trinajstić information content (AvgIpc) is 2.28. The Kier molecular flexibility index (Phi) is 3.56. The SMILES string of the molecule is CCCSc1c(N)cnc2cc(Cl)ccc12. The molecule has 1 aromatic heterocycles. The molecule has 4 heteroatoms. The smallest absolute Gasteiger partial charge is 0.0729 e. The number of benzene rings is 1. The molecule has 2 nitrogen and oxygen atoms in total. The Balaban J connectivity index is 2.55. The molecular formula is C12H13ClN2S. The van der Waals surface area contributed by atoms with Crippen molar-refractivity contribution in [1.29, 1.82) is 0 Å². The summed E-state index contributed by atoms with van der Waals surface area (Å²) >= 11 is 7.71. The van der Waals surface area contributed by atoms with E-state index < -0.39 is 0 Å². The van der Waals surface area contributed by atoms with Gasteiger partial charge < -0.3 is 5.73 Å². The maximum atomic E-state index is 5.95. The van der Waals surface area contributed by atoms with Gasteiger partial charge in [0.05, 0.1) is 17.4 Å². The zero-order valence-corrected chi connectivity index (χ0v) is 10.6. The fourth-order valence-electron chi connectivity index (χ4n) is 1.52. The van der Waals surface area contributed by atoms with Crippen molar-refractivity contribution in [3.8, 4) is 0 Å². The van der Waals surface area contributed by atoms with Crippen molar-refractivity contribution >= 4 is 40.0 Å². The van der Waals surface area contributed by atoms with Crippen LogP contribution < -0.4 is 5.73 Å². The second kappa shape index (κ2) is 4.93. The molecule has 0 fully saturated rings. The second-order valence-electron chi connectivity index (χ2n) is 3.55. The lowest BCUT2D eigenvalue weighted by Crippen LogP contribution is -1.93. The van der Waals surface area contributed by atoms with Crippen LogP contribution in [0.5, 0.6) is 0 Å². The third-order valence-corrected chi connectivity index (χ3v) is 3.85. The Morgan fingerprint density at radius 3 is 3.00 bits per heavy atom. The normalized spacial score (nSPS) is 10.9. The molecule has 2 N–H and O–H groups in total. The number of nitrogen functional groups attached to an aromatic ring is 1. The molecule has 0 saturated carbocycles. The molecule has 0 aliphatic rings. The van der Waals surface area contributed by atoms with Gasteiger partial charge in [-0.1, -0.05) is 24.6 Å². The van der Waals surface area contributed by atoms with Crippen LogP contribution in [0.25, 0.3) is 10.9 Å². The molecule has 0 spiro atoms. The van der Waals surface area contributed by atoms with Crippen LogP contribution in [0.1, 0.15) is 13.3 Å². The minimum Gasteiger partial charge on any atom is -0.397 e. The molecule has 0 aliphatic carbocycles. The van der Waals surface area contributed by atoms with Gasteiger partial charge in [-0.3, -0.25) is 4.98 Å². The van der Waals surface area contributed by atoms with Crippen LogP contribution in [0.2, 0.25) is 5.02 Å². The Bertz CT molecular complexity index is 514. The van der Waals surface area contributed by atoms with Gasteiger partial charge in [0, 0.05) is 15.3 Å². The summed E-state index contributed by atoms with van der Waals surface area (Å²) in [5, 5.41) is 1.79. The lowest BCUT2D eigenvalue weighted by atomic mass is 10.2. The lowest BCUT2D eigenvalue weighted by Gasteiger charge is -2.08. The molecule has 16 heavy (non-hydrogen) atoms. The minimum absolute atomic E-state index is 0.705. The predicted molar refractivity (Wildman–Crippen MR) is 72.2 cm³/mol. The highest BCUT2D eigenvalue weighted by Crippen LogP contribution is 2.33. The van der Waals surface area contributed by atoms with Crippen molar-refractivity contribution in [2.45, 2.75) is 18.2 Å². The monoisotopic (exact) mass is 252 g/mol. The summed E-state index contributed by atoms with van der Waals surface area (Å²) in [7, 11) is 0. The fourth-order valence-corrected chi connectivity index (χ4v) is 2.64. The number of nitrogens with zero attached hydrogens (tertiary/aromatic N) is 1. The molecule has 84 valence electrons. The third kappa shape index (κ3) is 2.25. The van der Waals surface area contributed by atoms with Crippen LogP contribution in [0.4, 0.5) is 5.69 Å². The van der Waals surface area contributed by atoms with Crippen LogP contribution in [0.3, 0.4) is 0 Å². The zero-order chi connectivity index (χ0) is 11.5. The molecule has 0 unspecified atom stereocenters. The average molecular weight is 253 g/mol. The summed E-state index contributed by atoms with van der Waals surface area (Å²) in [5.74, 6) is 1.06. The standard InChI is InChI=1S/C12H13ClN2S/c1-2-5-16-12-9-4-3-8(13)6-11(9)15-7-10(12)14/h3-4,6-7H,2,5,14H2,1H3. The summed E-state index contributed by atoms with van der Waals surface area (Å²) in [5.41, 5.74) is 7.60. The maximum Gasteiger partial charge on any atom is 0.0729 e. The Labute approximate surface area is 104 Å². The van der Waals surface area contributed by atoms with E-state index in [2.05, 4.69) is 11.9 Å². The number of pyridine rings is 1. The van der Waals surface area contributed by atoms with Crippen LogP contribution in [-0.4, -0.2) is 10.7 Å². The van der Waals surface area contributed by atoms with Gasteiger partial charge in [-0.15, -0.1) is 11.8 Å². The number of hydrogen-bond acceptors (Lipinski definition) is 3. The van der Waals surface area contributed by atoms with E-state index >= 15 is 0 Å². The van der Waals surface area contributed by atoms with Crippen molar-refractivity contribution in [2.24, 2.45) is 0 Å². The first-order valence-electron chi connectivity index (χ1n) is 5.19. The highest BCUT2D eigenvalue weighted by molar-refractivity contribution is 7.99. The zero-order valence-electron chi connectivity index (χ0n) is 9.03. The van der Waals surface area contributed by atoms with Crippen molar-refractivity contribution < 1.29 is 0 Å². The Hall–Kier alpha value is -0.930. The van der Waals surface area contributed by atoms with Gasteiger partial charge in [0.2, 0.25) is 0 Å². The molecule has 2 rings (SSSR count). The van der Waals surface area contributed by atoms with E-state index in [1.165, 1.54) is 0 Å². The number of hydrogen-bond donors (Lipinski definition) is 1. The number of fused-ring (bicyclic) bond motifs is 1. The summed E-state index contributed by atoms with van der Waals surface area (Å²) in [6, 6.07) is 5.73. The summed E-state index contributed by atoms with van der Waals surface area (Å²) < 4.78 is 0. The van der Waals surface area contributed by atoms with E-state index in [0.29, 0.717) is 5.02 Å². The predicted octanol–water partition coefficient (Wildman–Crippen LogP) is 3.97. The summed E-state index contributed by atoms with van der Waals surface area (Å²) in [6.07, 6.45) is 2.83. The molecule has 0 atom stereocenters. The van der Waals surface area contributed by atoms with Gasteiger partial charge in [0.1, 0.15) is 0 Å². The molecule has 0 aliphatic heterocycles. The quantitative estimate of drug-likeness (QED) is 0.840. The van der Waals surface area contributed by atoms with Crippen LogP contribution in [0.15, 0.2) is 29.3 Å². The lowest BCUT2D eigenvalue weighted by molar-refractivity contribution is 1.11. The highest BCUT2D eigenvalue weighted by atomic mass is 35.5. The van der Waals surface area contributed by atoms with E-state index in [0.717, 1.165) is 33.7 Å². The molecular weight excluding hydrogens is 240 g/mol. The number of aromatic nitrogens is 1. The van der Waals surface area contributed by atoms with Gasteiger partial charge in [-0.2, -0.15) is 0 Å². The molecule has 1 heterocycles. The van der Waals surface area contributed by atoms with Gasteiger partial charge in [0.15, 0.2) is 0 Å². The maximum absolute atomic E-state index is 5.95. The van der Waals surface area contributed by atoms with Crippen molar-refractivity contribution in [3.05, 3.63) is 29.4 Å². The molecule has 0 bridgehead atoms. The highest BCUT2D eigenvalue weighted by Gasteiger charge is 2.07. The second-order valence-corrected chi connectivity index (χ2v) is 5.09. The van der Waals surface area contributed by atoms with Crippen LogP contribution in [0, 0.1) is 0 Å². The number of anilines is 1. The fraction of sp³-hybridized carbons (Fsp3) is 0.250. The largest absolute Gasteiger partial charge is 0.397 e. The first-order valence-corrected chi connectivity index (χ1v) is 6.55. The molecule has 0 saturated heterocycles. The van der Waals surface area contributed by atoms with Crippen molar-refractivity contribution in [1.82, 2.24) is 4.98 Å².